The van der Waals surface area contributed by atoms with Crippen molar-refractivity contribution in [3.05, 3.63) is 29.8 Å². The fraction of sp³-hybridized carbons (Fsp3) is 0.500. The van der Waals surface area contributed by atoms with Gasteiger partial charge in [-0.05, 0) is 45.0 Å². The van der Waals surface area contributed by atoms with Gasteiger partial charge in [0.1, 0.15) is 6.10 Å². The van der Waals surface area contributed by atoms with E-state index in [0.29, 0.717) is 17.9 Å². The summed E-state index contributed by atoms with van der Waals surface area (Å²) in [5.41, 5.74) is 0.577. The molecule has 0 aliphatic heterocycles. The summed E-state index contributed by atoms with van der Waals surface area (Å²) in [5.74, 6) is -0.958. The standard InChI is InChI=1S/C16H23NO5/c1-16(2,3)22-10-9-13(18)14(19)17-12-7-5-11(6-8-12)15(20)21-4/h5-8,13,18H,9-10H2,1-4H3,(H,17,19)/t13-/m1/s1. The zero-order valence-corrected chi connectivity index (χ0v) is 13.4. The highest BCUT2D eigenvalue weighted by Crippen LogP contribution is 2.12. The number of nitrogens with one attached hydrogen (secondary N) is 1. The van der Waals surface area contributed by atoms with Crippen molar-refractivity contribution in [1.82, 2.24) is 0 Å². The van der Waals surface area contributed by atoms with E-state index in [9.17, 15) is 14.7 Å². The van der Waals surface area contributed by atoms with Crippen LogP contribution in [0.25, 0.3) is 0 Å². The van der Waals surface area contributed by atoms with Crippen molar-refractivity contribution in [3.63, 3.8) is 0 Å². The Balaban J connectivity index is 2.48. The van der Waals surface area contributed by atoms with E-state index in [1.165, 1.54) is 19.2 Å². The Kier molecular flexibility index (Phi) is 6.52. The molecule has 1 rings (SSSR count). The number of hydrogen-bond donors (Lipinski definition) is 2. The number of ether oxygens (including phenoxy) is 2. The van der Waals surface area contributed by atoms with Crippen LogP contribution >= 0.6 is 0 Å². The lowest BCUT2D eigenvalue weighted by Gasteiger charge is -2.20. The number of esters is 1. The Hall–Kier alpha value is -1.92. The first-order chi connectivity index (χ1) is 10.2. The van der Waals surface area contributed by atoms with Crippen molar-refractivity contribution in [2.75, 3.05) is 19.0 Å². The second kappa shape index (κ2) is 7.91. The predicted molar refractivity (Wildman–Crippen MR) is 82.7 cm³/mol. The lowest BCUT2D eigenvalue weighted by Crippen LogP contribution is -2.30. The van der Waals surface area contributed by atoms with E-state index < -0.39 is 18.0 Å². The van der Waals surface area contributed by atoms with Gasteiger partial charge in [-0.15, -0.1) is 0 Å². The van der Waals surface area contributed by atoms with Crippen molar-refractivity contribution in [1.29, 1.82) is 0 Å². The minimum Gasteiger partial charge on any atom is -0.465 e. The number of benzene rings is 1. The molecule has 2 N–H and O–H groups in total. The highest BCUT2D eigenvalue weighted by Gasteiger charge is 2.17. The molecule has 0 aromatic heterocycles. The maximum absolute atomic E-state index is 11.8. The summed E-state index contributed by atoms with van der Waals surface area (Å²) in [5, 5.41) is 12.4. The molecule has 0 fully saturated rings. The molecule has 0 aliphatic carbocycles. The molecule has 1 aromatic rings. The monoisotopic (exact) mass is 309 g/mol. The second-order valence-corrected chi connectivity index (χ2v) is 5.82. The van der Waals surface area contributed by atoms with E-state index in [0.717, 1.165) is 0 Å². The Morgan fingerprint density at radius 1 is 1.23 bits per heavy atom. The summed E-state index contributed by atoms with van der Waals surface area (Å²) < 4.78 is 10.1. The van der Waals surface area contributed by atoms with Crippen LogP contribution in [-0.2, 0) is 14.3 Å². The minimum atomic E-state index is -1.15. The number of methoxy groups -OCH3 is 1. The lowest BCUT2D eigenvalue weighted by atomic mass is 10.2. The predicted octanol–water partition coefficient (Wildman–Crippen LogP) is 1.98. The zero-order chi connectivity index (χ0) is 16.8. The molecule has 0 bridgehead atoms. The van der Waals surface area contributed by atoms with Crippen molar-refractivity contribution in [3.8, 4) is 0 Å². The number of aliphatic hydroxyl groups is 1. The van der Waals surface area contributed by atoms with Crippen LogP contribution in [0.2, 0.25) is 0 Å². The number of carbonyl (C=O) groups excluding carboxylic acids is 2. The Labute approximate surface area is 130 Å². The average Bonchev–Trinajstić information content (AvgIpc) is 2.45. The van der Waals surface area contributed by atoms with Crippen LogP contribution in [0, 0.1) is 0 Å². The largest absolute Gasteiger partial charge is 0.465 e. The lowest BCUT2D eigenvalue weighted by molar-refractivity contribution is -0.125. The second-order valence-electron chi connectivity index (χ2n) is 5.82. The highest BCUT2D eigenvalue weighted by molar-refractivity contribution is 5.95. The van der Waals surface area contributed by atoms with Gasteiger partial charge in [-0.25, -0.2) is 4.79 Å². The number of hydrogen-bond acceptors (Lipinski definition) is 5. The molecule has 0 saturated carbocycles. The van der Waals surface area contributed by atoms with Gasteiger partial charge in [-0.2, -0.15) is 0 Å². The van der Waals surface area contributed by atoms with Crippen molar-refractivity contribution < 1.29 is 24.2 Å². The van der Waals surface area contributed by atoms with Crippen LogP contribution in [0.1, 0.15) is 37.6 Å². The quantitative estimate of drug-likeness (QED) is 0.785. The van der Waals surface area contributed by atoms with Crippen LogP contribution in [0.3, 0.4) is 0 Å². The van der Waals surface area contributed by atoms with Crippen LogP contribution in [0.15, 0.2) is 24.3 Å². The van der Waals surface area contributed by atoms with Crippen molar-refractivity contribution in [2.24, 2.45) is 0 Å². The first-order valence-corrected chi connectivity index (χ1v) is 7.04. The summed E-state index contributed by atoms with van der Waals surface area (Å²) in [6.45, 7) is 6.01. The molecule has 6 nitrogen and oxygen atoms in total. The minimum absolute atomic E-state index is 0.212. The first kappa shape index (κ1) is 18.1. The van der Waals surface area contributed by atoms with E-state index in [1.807, 2.05) is 20.8 Å². The molecular weight excluding hydrogens is 286 g/mol. The maximum Gasteiger partial charge on any atom is 0.337 e. The molecule has 0 saturated heterocycles. The molecule has 122 valence electrons. The van der Waals surface area contributed by atoms with Gasteiger partial charge >= 0.3 is 5.97 Å². The molecule has 1 aromatic carbocycles. The smallest absolute Gasteiger partial charge is 0.337 e. The maximum atomic E-state index is 11.8. The average molecular weight is 309 g/mol. The third kappa shape index (κ3) is 6.24. The number of aliphatic hydroxyl groups excluding tert-OH is 1. The fourth-order valence-corrected chi connectivity index (χ4v) is 1.64. The summed E-state index contributed by atoms with van der Waals surface area (Å²) >= 11 is 0. The molecular formula is C16H23NO5. The summed E-state index contributed by atoms with van der Waals surface area (Å²) in [7, 11) is 1.30. The van der Waals surface area contributed by atoms with Gasteiger partial charge in [0.25, 0.3) is 5.91 Å². The Morgan fingerprint density at radius 2 is 1.82 bits per heavy atom. The highest BCUT2D eigenvalue weighted by atomic mass is 16.5. The molecule has 22 heavy (non-hydrogen) atoms. The number of amides is 1. The fourth-order valence-electron chi connectivity index (χ4n) is 1.64. The molecule has 1 atom stereocenters. The molecule has 6 heteroatoms. The van der Waals surface area contributed by atoms with Gasteiger partial charge in [-0.3, -0.25) is 4.79 Å². The van der Waals surface area contributed by atoms with Gasteiger partial charge < -0.3 is 19.9 Å². The third-order valence-corrected chi connectivity index (χ3v) is 2.80. The molecule has 0 unspecified atom stereocenters. The SMILES string of the molecule is COC(=O)c1ccc(NC(=O)[C@H](O)CCOC(C)(C)C)cc1. The van der Waals surface area contributed by atoms with E-state index in [2.05, 4.69) is 10.1 Å². The van der Waals surface area contributed by atoms with Crippen LogP contribution in [-0.4, -0.2) is 42.4 Å². The molecule has 0 radical (unpaired) electrons. The number of carbonyl (C=O) groups is 2. The first-order valence-electron chi connectivity index (χ1n) is 7.04. The topological polar surface area (TPSA) is 84.9 Å². The van der Waals surface area contributed by atoms with Gasteiger partial charge in [0, 0.05) is 12.1 Å². The van der Waals surface area contributed by atoms with E-state index >= 15 is 0 Å². The van der Waals surface area contributed by atoms with Gasteiger partial charge in [-0.1, -0.05) is 0 Å². The van der Waals surface area contributed by atoms with Crippen molar-refractivity contribution >= 4 is 17.6 Å². The summed E-state index contributed by atoms with van der Waals surface area (Å²) in [4.78, 5) is 23.1. The van der Waals surface area contributed by atoms with Gasteiger partial charge in [0.05, 0.1) is 24.9 Å². The number of rotatable bonds is 6. The van der Waals surface area contributed by atoms with Gasteiger partial charge in [0.15, 0.2) is 0 Å². The molecule has 0 heterocycles. The van der Waals surface area contributed by atoms with Gasteiger partial charge in [0.2, 0.25) is 0 Å². The molecule has 0 spiro atoms. The third-order valence-electron chi connectivity index (χ3n) is 2.80. The molecule has 0 aliphatic rings. The summed E-state index contributed by atoms with van der Waals surface area (Å²) in [6.07, 6.45) is -0.939. The molecule has 1 amide bonds. The van der Waals surface area contributed by atoms with E-state index in [-0.39, 0.29) is 12.0 Å². The van der Waals surface area contributed by atoms with Crippen LogP contribution < -0.4 is 5.32 Å². The zero-order valence-electron chi connectivity index (χ0n) is 13.4. The Bertz CT molecular complexity index is 504. The Morgan fingerprint density at radius 3 is 2.32 bits per heavy atom. The van der Waals surface area contributed by atoms with Crippen molar-refractivity contribution in [2.45, 2.75) is 38.9 Å². The van der Waals surface area contributed by atoms with E-state index in [1.54, 1.807) is 12.1 Å². The normalized spacial score (nSPS) is 12.6. The number of anilines is 1. The summed E-state index contributed by atoms with van der Waals surface area (Å²) in [6, 6.07) is 6.22. The van der Waals surface area contributed by atoms with Crippen LogP contribution in [0.4, 0.5) is 5.69 Å². The van der Waals surface area contributed by atoms with E-state index in [4.69, 9.17) is 4.74 Å². The van der Waals surface area contributed by atoms with Crippen LogP contribution in [0.5, 0.6) is 0 Å².